The van der Waals surface area contributed by atoms with Gasteiger partial charge in [0.25, 0.3) is 0 Å². The van der Waals surface area contributed by atoms with E-state index in [0.29, 0.717) is 39.6 Å². The molecule has 3 aromatic rings. The van der Waals surface area contributed by atoms with Crippen molar-refractivity contribution >= 4 is 50.2 Å². The first kappa shape index (κ1) is 30.5. The number of nitrogens with zero attached hydrogens (tertiary/aromatic N) is 7. The van der Waals surface area contributed by atoms with Crippen LogP contribution in [-0.2, 0) is 10.0 Å². The van der Waals surface area contributed by atoms with E-state index in [1.54, 1.807) is 23.0 Å². The van der Waals surface area contributed by atoms with E-state index in [-0.39, 0.29) is 17.5 Å². The monoisotopic (exact) mass is 606 g/mol. The minimum atomic E-state index is -3.20. The van der Waals surface area contributed by atoms with Crippen molar-refractivity contribution < 1.29 is 8.42 Å². The van der Waals surface area contributed by atoms with Crippen LogP contribution in [0.2, 0.25) is 10.0 Å². The summed E-state index contributed by atoms with van der Waals surface area (Å²) in [6.07, 6.45) is 3.94. The van der Waals surface area contributed by atoms with E-state index in [1.807, 2.05) is 26.8 Å². The number of sulfonamides is 1. The Morgan fingerprint density at radius 2 is 1.95 bits per heavy atom. The van der Waals surface area contributed by atoms with Crippen LogP contribution in [0.25, 0.3) is 11.2 Å². The van der Waals surface area contributed by atoms with Gasteiger partial charge in [-0.05, 0) is 62.9 Å². The maximum atomic E-state index is 11.8. The lowest BCUT2D eigenvalue weighted by molar-refractivity contribution is 0.125. The van der Waals surface area contributed by atoms with Crippen molar-refractivity contribution in [3.8, 4) is 6.07 Å². The number of rotatable bonds is 8. The first-order chi connectivity index (χ1) is 19.2. The molecule has 4 heterocycles. The zero-order chi connectivity index (χ0) is 29.0. The van der Waals surface area contributed by atoms with Gasteiger partial charge in [-0.3, -0.25) is 0 Å². The molecule has 0 amide bonds. The summed E-state index contributed by atoms with van der Waals surface area (Å²) in [5, 5.41) is 15.2. The van der Waals surface area contributed by atoms with Crippen LogP contribution in [0, 0.1) is 23.2 Å². The first-order valence-electron chi connectivity index (χ1n) is 13.7. The van der Waals surface area contributed by atoms with Gasteiger partial charge in [0, 0.05) is 36.2 Å². The third-order valence-corrected chi connectivity index (χ3v) is 9.61. The average Bonchev–Trinajstić information content (AvgIpc) is 3.30. The molecule has 216 valence electrons. The Hall–Kier alpha value is -2.49. The lowest BCUT2D eigenvalue weighted by Crippen LogP contribution is -2.54. The van der Waals surface area contributed by atoms with E-state index in [2.05, 4.69) is 30.7 Å². The normalized spacial score (nSPS) is 19.0. The minimum absolute atomic E-state index is 0.126. The molecular formula is C27H36Cl2N8O2S. The molecule has 10 nitrogen and oxygen atoms in total. The van der Waals surface area contributed by atoms with Crippen LogP contribution in [0.15, 0.2) is 24.4 Å². The van der Waals surface area contributed by atoms with Crippen LogP contribution in [0.1, 0.15) is 50.9 Å². The molecule has 40 heavy (non-hydrogen) atoms. The summed E-state index contributed by atoms with van der Waals surface area (Å²) in [7, 11) is -1.74. The molecule has 0 spiro atoms. The minimum Gasteiger partial charge on any atom is -0.355 e. The zero-order valence-corrected chi connectivity index (χ0v) is 25.6. The van der Waals surface area contributed by atoms with Crippen molar-refractivity contribution in [2.75, 3.05) is 50.4 Å². The van der Waals surface area contributed by atoms with Gasteiger partial charge < -0.3 is 9.80 Å². The zero-order valence-electron chi connectivity index (χ0n) is 23.3. The number of likely N-dealkylation sites (tertiary alicyclic amines) is 1. The molecule has 0 radical (unpaired) electrons. The van der Waals surface area contributed by atoms with Gasteiger partial charge >= 0.3 is 0 Å². The standard InChI is InChI=1S/C25H30Cl2N8O2S.C2H6/c1-16(20-6-5-19(26)10-21(20)27)35-25-24(22(11-28)32-35)30-12-23(31-25)34-14-18(15-34)17-4-3-7-33(13-17)8-9-38(36,37)29-2;1-2/h5-6,10,12,16-18,29H,3-4,7-9,13-15H2,1-2H3;1-2H3. The van der Waals surface area contributed by atoms with Gasteiger partial charge in [-0.25, -0.2) is 27.8 Å². The van der Waals surface area contributed by atoms with Gasteiger partial charge in [0.05, 0.1) is 18.0 Å². The van der Waals surface area contributed by atoms with Crippen molar-refractivity contribution in [1.29, 1.82) is 5.26 Å². The second-order valence-electron chi connectivity index (χ2n) is 10.0. The Kier molecular flexibility index (Phi) is 9.90. The number of nitrogens with one attached hydrogen (secondary N) is 1. The van der Waals surface area contributed by atoms with Crippen molar-refractivity contribution in [3.63, 3.8) is 0 Å². The van der Waals surface area contributed by atoms with E-state index >= 15 is 0 Å². The molecule has 0 aliphatic carbocycles. The summed E-state index contributed by atoms with van der Waals surface area (Å²) in [6.45, 7) is 10.1. The van der Waals surface area contributed by atoms with Crippen LogP contribution >= 0.6 is 23.2 Å². The number of nitriles is 1. The van der Waals surface area contributed by atoms with Crippen molar-refractivity contribution in [3.05, 3.63) is 45.7 Å². The highest BCUT2D eigenvalue weighted by Gasteiger charge is 2.37. The van der Waals surface area contributed by atoms with E-state index in [0.717, 1.165) is 50.4 Å². The summed E-state index contributed by atoms with van der Waals surface area (Å²) in [6, 6.07) is 7.17. The van der Waals surface area contributed by atoms with Crippen molar-refractivity contribution in [1.82, 2.24) is 29.4 Å². The highest BCUT2D eigenvalue weighted by molar-refractivity contribution is 7.89. The van der Waals surface area contributed by atoms with Crippen LogP contribution < -0.4 is 9.62 Å². The Bertz CT molecular complexity index is 1480. The fraction of sp³-hybridized carbons (Fsp3) is 0.556. The molecule has 1 aromatic carbocycles. The van der Waals surface area contributed by atoms with Gasteiger partial charge in [0.15, 0.2) is 11.3 Å². The van der Waals surface area contributed by atoms with Crippen molar-refractivity contribution in [2.45, 2.75) is 39.7 Å². The van der Waals surface area contributed by atoms with Crippen LogP contribution in [0.5, 0.6) is 0 Å². The quantitative estimate of drug-likeness (QED) is 0.402. The summed E-state index contributed by atoms with van der Waals surface area (Å²) in [4.78, 5) is 13.9. The third kappa shape index (κ3) is 6.52. The summed E-state index contributed by atoms with van der Waals surface area (Å²) >= 11 is 12.5. The molecule has 2 fully saturated rings. The van der Waals surface area contributed by atoms with Gasteiger partial charge in [-0.1, -0.05) is 43.1 Å². The number of hydrogen-bond acceptors (Lipinski definition) is 8. The molecular weight excluding hydrogens is 571 g/mol. The number of hydrogen-bond donors (Lipinski definition) is 1. The number of halogens is 2. The van der Waals surface area contributed by atoms with E-state index in [4.69, 9.17) is 28.2 Å². The number of benzene rings is 1. The molecule has 0 saturated carbocycles. The maximum Gasteiger partial charge on any atom is 0.212 e. The lowest BCUT2D eigenvalue weighted by Gasteiger charge is -2.47. The van der Waals surface area contributed by atoms with Crippen molar-refractivity contribution in [2.24, 2.45) is 11.8 Å². The highest BCUT2D eigenvalue weighted by Crippen LogP contribution is 2.35. The second-order valence-corrected chi connectivity index (χ2v) is 12.9. The molecule has 2 saturated heterocycles. The van der Waals surface area contributed by atoms with E-state index < -0.39 is 10.0 Å². The fourth-order valence-corrected chi connectivity index (χ4v) is 6.67. The van der Waals surface area contributed by atoms with Crippen LogP contribution in [0.4, 0.5) is 5.82 Å². The molecule has 2 aromatic heterocycles. The maximum absolute atomic E-state index is 11.8. The summed E-state index contributed by atoms with van der Waals surface area (Å²) < 4.78 is 27.7. The molecule has 0 bridgehead atoms. The number of aromatic nitrogens is 4. The Labute approximate surface area is 246 Å². The molecule has 1 N–H and O–H groups in total. The van der Waals surface area contributed by atoms with Crippen LogP contribution in [-0.4, -0.2) is 78.6 Å². The first-order valence-corrected chi connectivity index (χ1v) is 16.1. The second kappa shape index (κ2) is 13.0. The molecule has 5 rings (SSSR count). The van der Waals surface area contributed by atoms with Crippen LogP contribution in [0.3, 0.4) is 0 Å². The van der Waals surface area contributed by atoms with Gasteiger partial charge in [-0.2, -0.15) is 10.4 Å². The Morgan fingerprint density at radius 1 is 1.20 bits per heavy atom. The van der Waals surface area contributed by atoms with E-state index in [9.17, 15) is 13.7 Å². The highest BCUT2D eigenvalue weighted by atomic mass is 35.5. The topological polar surface area (TPSA) is 120 Å². The molecule has 2 atom stereocenters. The molecule has 2 aliphatic heterocycles. The van der Waals surface area contributed by atoms with Gasteiger partial charge in [0.2, 0.25) is 10.0 Å². The number of fused-ring (bicyclic) bond motifs is 1. The predicted molar refractivity (Wildman–Crippen MR) is 159 cm³/mol. The largest absolute Gasteiger partial charge is 0.355 e. The van der Waals surface area contributed by atoms with Gasteiger partial charge in [-0.15, -0.1) is 0 Å². The fourth-order valence-electron chi connectivity index (χ4n) is 5.40. The molecule has 2 aliphatic rings. The van der Waals surface area contributed by atoms with Gasteiger partial charge in [0.1, 0.15) is 17.4 Å². The summed E-state index contributed by atoms with van der Waals surface area (Å²) in [5.74, 6) is 1.92. The number of piperidine rings is 1. The molecule has 13 heteroatoms. The third-order valence-electron chi connectivity index (χ3n) is 7.71. The number of anilines is 1. The smallest absolute Gasteiger partial charge is 0.212 e. The predicted octanol–water partition coefficient (Wildman–Crippen LogP) is 4.34. The van der Waals surface area contributed by atoms with E-state index in [1.165, 1.54) is 7.05 Å². The average molecular weight is 608 g/mol. The Morgan fingerprint density at radius 3 is 2.62 bits per heavy atom. The lowest BCUT2D eigenvalue weighted by atomic mass is 9.80. The Balaban J connectivity index is 0.00000181. The summed E-state index contributed by atoms with van der Waals surface area (Å²) in [5.41, 5.74) is 2.05. The SMILES string of the molecule is CC.CNS(=O)(=O)CCN1CCCC(C2CN(c3cnc4c(C#N)nn(C(C)c5ccc(Cl)cc5Cl)c4n3)C2)C1. The molecule has 2 unspecified atom stereocenters.